The molecular weight excluding hydrogens is 604 g/mol. The normalized spacial score (nSPS) is 33.7. The molecule has 4 bridgehead atoms. The zero-order valence-electron chi connectivity index (χ0n) is 26.3. The molecule has 3 aromatic rings. The Morgan fingerprint density at radius 1 is 0.783 bits per heavy atom. The molecule has 8 rings (SSSR count). The Morgan fingerprint density at radius 2 is 1.35 bits per heavy atom. The van der Waals surface area contributed by atoms with Crippen molar-refractivity contribution >= 4 is 10.1 Å². The minimum atomic E-state index is -4.27. The summed E-state index contributed by atoms with van der Waals surface area (Å²) in [6.45, 7) is 2.45. The molecule has 246 valence electrons. The molecule has 4 aliphatic carbocycles. The molecule has 9 heteroatoms. The van der Waals surface area contributed by atoms with E-state index in [9.17, 15) is 13.5 Å². The third kappa shape index (κ3) is 7.11. The molecule has 1 aliphatic heterocycles. The van der Waals surface area contributed by atoms with Crippen LogP contribution in [0.3, 0.4) is 0 Å². The van der Waals surface area contributed by atoms with Crippen LogP contribution in [0.1, 0.15) is 55.2 Å². The molecule has 0 radical (unpaired) electrons. The Hall–Kier alpha value is -2.63. The van der Waals surface area contributed by atoms with E-state index in [1.165, 1.54) is 31.4 Å². The lowest BCUT2D eigenvalue weighted by Crippen LogP contribution is -2.64. The monoisotopic (exact) mass is 648 g/mol. The van der Waals surface area contributed by atoms with Gasteiger partial charge in [0.1, 0.15) is 18.3 Å². The summed E-state index contributed by atoms with van der Waals surface area (Å²) < 4.78 is 59.5. The third-order valence-electron chi connectivity index (χ3n) is 10.2. The van der Waals surface area contributed by atoms with Crippen molar-refractivity contribution in [2.45, 2.75) is 99.9 Å². The van der Waals surface area contributed by atoms with Crippen LogP contribution >= 0.6 is 0 Å². The maximum absolute atomic E-state index is 13.8. The Kier molecular flexibility index (Phi) is 9.35. The van der Waals surface area contributed by atoms with Gasteiger partial charge in [0.15, 0.2) is 12.4 Å². The first-order chi connectivity index (χ1) is 22.3. The molecule has 1 N–H and O–H groups in total. The average molecular weight is 649 g/mol. The first-order valence-electron chi connectivity index (χ1n) is 16.5. The summed E-state index contributed by atoms with van der Waals surface area (Å²) >= 11 is 0. The zero-order valence-corrected chi connectivity index (χ0v) is 27.1. The van der Waals surface area contributed by atoms with E-state index in [1.807, 2.05) is 67.6 Å². The van der Waals surface area contributed by atoms with E-state index in [-0.39, 0.29) is 18.1 Å². The second-order valence-electron chi connectivity index (χ2n) is 13.8. The minimum absolute atomic E-state index is 0.0243. The predicted molar refractivity (Wildman–Crippen MR) is 171 cm³/mol. The molecule has 0 aromatic heterocycles. The van der Waals surface area contributed by atoms with Crippen LogP contribution in [0.5, 0.6) is 0 Å². The van der Waals surface area contributed by atoms with Gasteiger partial charge in [0.05, 0.1) is 30.3 Å². The van der Waals surface area contributed by atoms with Crippen molar-refractivity contribution in [1.29, 1.82) is 0 Å². The molecule has 1 heterocycles. The molecule has 0 unspecified atom stereocenters. The van der Waals surface area contributed by atoms with Crippen molar-refractivity contribution in [2.24, 2.45) is 17.8 Å². The van der Waals surface area contributed by atoms with Crippen LogP contribution in [0, 0.1) is 24.7 Å². The smallest absolute Gasteiger partial charge is 0.297 e. The molecule has 1 saturated heterocycles. The molecule has 5 aliphatic rings. The Bertz CT molecular complexity index is 1510. The summed E-state index contributed by atoms with van der Waals surface area (Å²) in [4.78, 5) is 0.0243. The van der Waals surface area contributed by atoms with Crippen LogP contribution < -0.4 is 0 Å². The highest BCUT2D eigenvalue weighted by molar-refractivity contribution is 7.86. The summed E-state index contributed by atoms with van der Waals surface area (Å²) in [5.74, 6) is 1.81. The standard InChI is InChI=1S/C37H44O8S/c1-25-12-14-31(15-13-25)46(39,40)45-35-34(42-23-27-10-6-3-7-11-27)33(38)32(24-41-22-26-8-4-2-5-9-26)43-36(35)44-37-19-28-16-29(20-37)18-30(17-28)21-37/h2-15,28-30,32-36,38H,16-24H2,1H3/t28?,29?,30?,32-,33-,34+,35+,36+,37?/m1/s1. The van der Waals surface area contributed by atoms with Gasteiger partial charge in [-0.05, 0) is 86.5 Å². The zero-order chi connectivity index (χ0) is 31.7. The van der Waals surface area contributed by atoms with Crippen molar-refractivity contribution in [1.82, 2.24) is 0 Å². The van der Waals surface area contributed by atoms with Crippen molar-refractivity contribution < 1.29 is 36.7 Å². The quantitative estimate of drug-likeness (QED) is 0.241. The van der Waals surface area contributed by atoms with Gasteiger partial charge >= 0.3 is 0 Å². The van der Waals surface area contributed by atoms with Crippen molar-refractivity contribution in [3.63, 3.8) is 0 Å². The van der Waals surface area contributed by atoms with Crippen molar-refractivity contribution in [3.8, 4) is 0 Å². The summed E-state index contributed by atoms with van der Waals surface area (Å²) in [7, 11) is -4.27. The summed E-state index contributed by atoms with van der Waals surface area (Å²) in [6.07, 6.45) is 0.970. The van der Waals surface area contributed by atoms with E-state index in [2.05, 4.69) is 0 Å². The first kappa shape index (κ1) is 31.9. The van der Waals surface area contributed by atoms with Crippen LogP contribution in [0.4, 0.5) is 0 Å². The van der Waals surface area contributed by atoms with E-state index < -0.39 is 46.4 Å². The summed E-state index contributed by atoms with van der Waals surface area (Å²) in [5.41, 5.74) is 2.39. The number of aliphatic hydroxyl groups is 1. The molecule has 46 heavy (non-hydrogen) atoms. The number of aryl methyl sites for hydroxylation is 1. The number of hydrogen-bond donors (Lipinski definition) is 1. The van der Waals surface area contributed by atoms with Crippen molar-refractivity contribution in [2.75, 3.05) is 6.61 Å². The van der Waals surface area contributed by atoms with Crippen molar-refractivity contribution in [3.05, 3.63) is 102 Å². The maximum Gasteiger partial charge on any atom is 0.297 e. The van der Waals surface area contributed by atoms with Gasteiger partial charge in [0, 0.05) is 0 Å². The van der Waals surface area contributed by atoms with Gasteiger partial charge in [-0.25, -0.2) is 0 Å². The third-order valence-corrected chi connectivity index (χ3v) is 11.5. The second kappa shape index (κ2) is 13.5. The first-order valence-corrected chi connectivity index (χ1v) is 17.9. The van der Waals surface area contributed by atoms with Gasteiger partial charge in [-0.15, -0.1) is 0 Å². The molecule has 5 atom stereocenters. The molecule has 8 nitrogen and oxygen atoms in total. The maximum atomic E-state index is 13.8. The lowest BCUT2D eigenvalue weighted by Gasteiger charge is -2.58. The predicted octanol–water partition coefficient (Wildman–Crippen LogP) is 5.94. The number of hydrogen-bond acceptors (Lipinski definition) is 8. The van der Waals surface area contributed by atoms with E-state index in [4.69, 9.17) is 23.1 Å². The lowest BCUT2D eigenvalue weighted by atomic mass is 9.54. The number of ether oxygens (including phenoxy) is 4. The van der Waals surface area contributed by atoms with Gasteiger partial charge in [-0.3, -0.25) is 4.18 Å². The molecule has 0 spiro atoms. The fourth-order valence-corrected chi connectivity index (χ4v) is 9.45. The summed E-state index contributed by atoms with van der Waals surface area (Å²) in [5, 5.41) is 11.8. The van der Waals surface area contributed by atoms with Gasteiger partial charge in [-0.1, -0.05) is 78.4 Å². The fourth-order valence-electron chi connectivity index (χ4n) is 8.38. The Balaban J connectivity index is 1.19. The van der Waals surface area contributed by atoms with E-state index in [0.29, 0.717) is 24.4 Å². The van der Waals surface area contributed by atoms with Crippen LogP contribution in [-0.4, -0.2) is 56.4 Å². The molecule has 5 fully saturated rings. The fraction of sp³-hybridized carbons (Fsp3) is 0.514. The Labute approximate surface area is 272 Å². The Morgan fingerprint density at radius 3 is 1.93 bits per heavy atom. The summed E-state index contributed by atoms with van der Waals surface area (Å²) in [6, 6.07) is 25.9. The van der Waals surface area contributed by atoms with Crippen LogP contribution in [-0.2, 0) is 46.5 Å². The second-order valence-corrected chi connectivity index (χ2v) is 15.4. The van der Waals surface area contributed by atoms with Gasteiger partial charge in [0.25, 0.3) is 10.1 Å². The highest BCUT2D eigenvalue weighted by Crippen LogP contribution is 2.58. The molecule has 3 aromatic carbocycles. The van der Waals surface area contributed by atoms with E-state index in [1.54, 1.807) is 12.1 Å². The van der Waals surface area contributed by atoms with Crippen LogP contribution in [0.15, 0.2) is 89.8 Å². The van der Waals surface area contributed by atoms with Gasteiger partial charge < -0.3 is 24.1 Å². The van der Waals surface area contributed by atoms with Crippen LogP contribution in [0.25, 0.3) is 0 Å². The molecular formula is C37H44O8S. The van der Waals surface area contributed by atoms with E-state index in [0.717, 1.165) is 36.0 Å². The number of rotatable bonds is 12. The lowest BCUT2D eigenvalue weighted by molar-refractivity contribution is -0.343. The topological polar surface area (TPSA) is 101 Å². The van der Waals surface area contributed by atoms with Gasteiger partial charge in [0.2, 0.25) is 0 Å². The molecule has 4 saturated carbocycles. The number of benzene rings is 3. The highest BCUT2D eigenvalue weighted by atomic mass is 32.2. The molecule has 0 amide bonds. The number of aliphatic hydroxyl groups excluding tert-OH is 1. The minimum Gasteiger partial charge on any atom is -0.387 e. The highest BCUT2D eigenvalue weighted by Gasteiger charge is 2.56. The average Bonchev–Trinajstić information content (AvgIpc) is 3.03. The van der Waals surface area contributed by atoms with E-state index >= 15 is 0 Å². The largest absolute Gasteiger partial charge is 0.387 e. The van der Waals surface area contributed by atoms with Crippen LogP contribution in [0.2, 0.25) is 0 Å². The van der Waals surface area contributed by atoms with Gasteiger partial charge in [-0.2, -0.15) is 8.42 Å². The SMILES string of the molecule is Cc1ccc(S(=O)(=O)O[C@@H]2[C@H](OC34CC5CC(CC(C5)C3)C4)O[C@H](COCc3ccccc3)[C@@H](O)[C@@H]2OCc2ccccc2)cc1.